The van der Waals surface area contributed by atoms with Crippen molar-refractivity contribution in [1.29, 1.82) is 0 Å². The number of methoxy groups -OCH3 is 1. The lowest BCUT2D eigenvalue weighted by atomic mass is 10.1. The highest BCUT2D eigenvalue weighted by Gasteiger charge is 2.23. The van der Waals surface area contributed by atoms with E-state index in [1.807, 2.05) is 68.1 Å². The normalized spacial score (nSPS) is 11.4. The Hall–Kier alpha value is -3.78. The molecule has 7 nitrogen and oxygen atoms in total. The van der Waals surface area contributed by atoms with Crippen LogP contribution in [-0.4, -0.2) is 26.0 Å². The lowest BCUT2D eigenvalue weighted by Crippen LogP contribution is -2.17. The Kier molecular flexibility index (Phi) is 5.86. The standard InChI is InChI=1S/C25H25N3O4S/c1-16-7-5-8-17(2)23(16)27-33(30,31)22-15-19(11-12-21(22)32-4)26-25(29)20-10-6-9-18-13-14-28(3)24(18)20/h5-15,27H,1-4H3,(H,26,29). The van der Waals surface area contributed by atoms with Gasteiger partial charge in [-0.05, 0) is 55.3 Å². The second kappa shape index (κ2) is 8.63. The molecule has 4 aromatic rings. The molecule has 1 aromatic heterocycles. The zero-order valence-electron chi connectivity index (χ0n) is 18.8. The van der Waals surface area contributed by atoms with Gasteiger partial charge in [0.1, 0.15) is 10.6 Å². The number of aryl methyl sites for hydroxylation is 3. The highest BCUT2D eigenvalue weighted by Crippen LogP contribution is 2.31. The Morgan fingerprint density at radius 2 is 1.67 bits per heavy atom. The molecule has 3 aromatic carbocycles. The molecule has 0 aliphatic rings. The van der Waals surface area contributed by atoms with Gasteiger partial charge in [-0.1, -0.05) is 30.3 Å². The number of amides is 1. The van der Waals surface area contributed by atoms with Crippen LogP contribution in [0.1, 0.15) is 21.5 Å². The molecule has 0 aliphatic heterocycles. The first-order valence-electron chi connectivity index (χ1n) is 10.3. The molecule has 1 heterocycles. The minimum Gasteiger partial charge on any atom is -0.495 e. The maximum atomic E-state index is 13.3. The monoisotopic (exact) mass is 463 g/mol. The van der Waals surface area contributed by atoms with Gasteiger partial charge in [-0.15, -0.1) is 0 Å². The first kappa shape index (κ1) is 22.4. The van der Waals surface area contributed by atoms with Crippen molar-refractivity contribution in [2.24, 2.45) is 7.05 Å². The van der Waals surface area contributed by atoms with Gasteiger partial charge in [0.15, 0.2) is 0 Å². The first-order chi connectivity index (χ1) is 15.7. The van der Waals surface area contributed by atoms with Crippen LogP contribution in [0.25, 0.3) is 10.9 Å². The number of aromatic nitrogens is 1. The average molecular weight is 464 g/mol. The molecule has 170 valence electrons. The lowest BCUT2D eigenvalue weighted by Gasteiger charge is -2.16. The molecule has 33 heavy (non-hydrogen) atoms. The SMILES string of the molecule is COc1ccc(NC(=O)c2cccc3ccn(C)c23)cc1S(=O)(=O)Nc1c(C)cccc1C. The van der Waals surface area contributed by atoms with Crippen LogP contribution in [0.5, 0.6) is 5.75 Å². The molecule has 0 fully saturated rings. The topological polar surface area (TPSA) is 89.4 Å². The van der Waals surface area contributed by atoms with Crippen molar-refractivity contribution in [1.82, 2.24) is 4.57 Å². The molecule has 8 heteroatoms. The lowest BCUT2D eigenvalue weighted by molar-refractivity contribution is 0.102. The summed E-state index contributed by atoms with van der Waals surface area (Å²) in [5.74, 6) is -0.158. The summed E-state index contributed by atoms with van der Waals surface area (Å²) in [5, 5.41) is 3.76. The fourth-order valence-electron chi connectivity index (χ4n) is 3.87. The number of hydrogen-bond donors (Lipinski definition) is 2. The molecule has 0 unspecified atom stereocenters. The molecule has 0 spiro atoms. The number of hydrogen-bond acceptors (Lipinski definition) is 4. The second-order valence-electron chi connectivity index (χ2n) is 7.86. The van der Waals surface area contributed by atoms with E-state index < -0.39 is 10.0 Å². The van der Waals surface area contributed by atoms with Crippen LogP contribution in [0.15, 0.2) is 71.8 Å². The molecule has 0 saturated carbocycles. The number of para-hydroxylation sites is 2. The third-order valence-electron chi connectivity index (χ3n) is 5.57. The minimum atomic E-state index is -3.99. The van der Waals surface area contributed by atoms with Gasteiger partial charge in [-0.25, -0.2) is 8.42 Å². The molecule has 1 amide bonds. The number of anilines is 2. The summed E-state index contributed by atoms with van der Waals surface area (Å²) in [7, 11) is -0.711. The number of sulfonamides is 1. The van der Waals surface area contributed by atoms with E-state index in [1.54, 1.807) is 12.1 Å². The Balaban J connectivity index is 1.69. The maximum absolute atomic E-state index is 13.3. The van der Waals surface area contributed by atoms with Gasteiger partial charge >= 0.3 is 0 Å². The van der Waals surface area contributed by atoms with Crippen molar-refractivity contribution < 1.29 is 17.9 Å². The summed E-state index contributed by atoms with van der Waals surface area (Å²) in [4.78, 5) is 13.0. The predicted molar refractivity (Wildman–Crippen MR) is 131 cm³/mol. The summed E-state index contributed by atoms with van der Waals surface area (Å²) in [6.07, 6.45) is 1.89. The number of carbonyl (C=O) groups is 1. The Morgan fingerprint density at radius 1 is 0.970 bits per heavy atom. The van der Waals surface area contributed by atoms with E-state index >= 15 is 0 Å². The van der Waals surface area contributed by atoms with Crippen LogP contribution in [0.2, 0.25) is 0 Å². The highest BCUT2D eigenvalue weighted by molar-refractivity contribution is 7.92. The molecule has 4 rings (SSSR count). The van der Waals surface area contributed by atoms with Crippen LogP contribution in [0, 0.1) is 13.8 Å². The third kappa shape index (κ3) is 4.29. The van der Waals surface area contributed by atoms with Crippen molar-refractivity contribution in [3.05, 3.63) is 83.6 Å². The quantitative estimate of drug-likeness (QED) is 0.427. The zero-order chi connectivity index (χ0) is 23.8. The number of ether oxygens (including phenoxy) is 1. The fourth-order valence-corrected chi connectivity index (χ4v) is 5.27. The summed E-state index contributed by atoms with van der Waals surface area (Å²) >= 11 is 0. The number of rotatable bonds is 6. The van der Waals surface area contributed by atoms with E-state index in [4.69, 9.17) is 4.74 Å². The van der Waals surface area contributed by atoms with Crippen molar-refractivity contribution in [3.63, 3.8) is 0 Å². The summed E-state index contributed by atoms with van der Waals surface area (Å²) in [6.45, 7) is 3.67. The van der Waals surface area contributed by atoms with Gasteiger partial charge in [-0.3, -0.25) is 9.52 Å². The molecule has 2 N–H and O–H groups in total. The smallest absolute Gasteiger partial charge is 0.265 e. The van der Waals surface area contributed by atoms with E-state index in [-0.39, 0.29) is 16.6 Å². The highest BCUT2D eigenvalue weighted by atomic mass is 32.2. The molecular formula is C25H25N3O4S. The number of fused-ring (bicyclic) bond motifs is 1. The van der Waals surface area contributed by atoms with E-state index in [0.29, 0.717) is 16.9 Å². The van der Waals surface area contributed by atoms with Crippen LogP contribution in [0.3, 0.4) is 0 Å². The number of nitrogens with zero attached hydrogens (tertiary/aromatic N) is 1. The molecule has 0 radical (unpaired) electrons. The van der Waals surface area contributed by atoms with Crippen molar-refractivity contribution >= 4 is 38.2 Å². The number of carbonyl (C=O) groups excluding carboxylic acids is 1. The van der Waals surface area contributed by atoms with Gasteiger partial charge in [0.2, 0.25) is 0 Å². The van der Waals surface area contributed by atoms with Gasteiger partial charge in [0.25, 0.3) is 15.9 Å². The van der Waals surface area contributed by atoms with E-state index in [9.17, 15) is 13.2 Å². The number of nitrogens with one attached hydrogen (secondary N) is 2. The summed E-state index contributed by atoms with van der Waals surface area (Å²) < 4.78 is 36.4. The second-order valence-corrected chi connectivity index (χ2v) is 9.51. The van der Waals surface area contributed by atoms with Gasteiger partial charge in [0, 0.05) is 24.3 Å². The van der Waals surface area contributed by atoms with Crippen LogP contribution >= 0.6 is 0 Å². The van der Waals surface area contributed by atoms with E-state index in [2.05, 4.69) is 10.0 Å². The molecular weight excluding hydrogens is 438 g/mol. The van der Waals surface area contributed by atoms with Gasteiger partial charge in [0.05, 0.1) is 23.9 Å². The van der Waals surface area contributed by atoms with Crippen molar-refractivity contribution in [2.75, 3.05) is 17.1 Å². The zero-order valence-corrected chi connectivity index (χ0v) is 19.7. The van der Waals surface area contributed by atoms with Crippen LogP contribution in [0.4, 0.5) is 11.4 Å². The Bertz CT molecular complexity index is 1450. The van der Waals surface area contributed by atoms with Crippen molar-refractivity contribution in [3.8, 4) is 5.75 Å². The Labute approximate surface area is 193 Å². The average Bonchev–Trinajstić information content (AvgIpc) is 3.17. The van der Waals surface area contributed by atoms with Gasteiger partial charge < -0.3 is 14.6 Å². The molecule has 0 aliphatic carbocycles. The van der Waals surface area contributed by atoms with E-state index in [0.717, 1.165) is 22.0 Å². The molecule has 0 atom stereocenters. The summed E-state index contributed by atoms with van der Waals surface area (Å²) in [5.41, 5.74) is 3.76. The first-order valence-corrected chi connectivity index (χ1v) is 11.8. The van der Waals surface area contributed by atoms with Crippen molar-refractivity contribution in [2.45, 2.75) is 18.7 Å². The fraction of sp³-hybridized carbons (Fsp3) is 0.160. The maximum Gasteiger partial charge on any atom is 0.265 e. The van der Waals surface area contributed by atoms with Gasteiger partial charge in [-0.2, -0.15) is 0 Å². The summed E-state index contributed by atoms with van der Waals surface area (Å²) in [6, 6.07) is 17.5. The Morgan fingerprint density at radius 3 is 2.36 bits per heavy atom. The third-order valence-corrected chi connectivity index (χ3v) is 6.94. The predicted octanol–water partition coefficient (Wildman–Crippen LogP) is 4.86. The largest absolute Gasteiger partial charge is 0.495 e. The van der Waals surface area contributed by atoms with Crippen LogP contribution in [-0.2, 0) is 17.1 Å². The van der Waals surface area contributed by atoms with E-state index in [1.165, 1.54) is 19.2 Å². The number of benzene rings is 3. The molecule has 0 saturated heterocycles. The minimum absolute atomic E-state index is 0.0671. The van der Waals surface area contributed by atoms with Crippen LogP contribution < -0.4 is 14.8 Å². The molecule has 0 bridgehead atoms.